The van der Waals surface area contributed by atoms with E-state index in [1.807, 2.05) is 30.3 Å². The van der Waals surface area contributed by atoms with Crippen LogP contribution in [0.2, 0.25) is 18.1 Å². The van der Waals surface area contributed by atoms with E-state index >= 15 is 0 Å². The molecule has 6 heteroatoms. The smallest absolute Gasteiger partial charge is 0.192 e. The summed E-state index contributed by atoms with van der Waals surface area (Å²) in [5, 5.41) is 0.142. The second kappa shape index (κ2) is 13.7. The number of hydrogen-bond donors (Lipinski definition) is 0. The standard InChI is InChI=1S/C30H48O5Si/c1-11-26(32-8)28(35-36(9,10)30(4,5)6)14-12-13-22(2)15-20-27-23(3)21-33-29(34-27)24-16-18-25(31-7)19-17-24/h11,13,15-20,23,26-29H,1,12,14,21H2,2-10H3/b20-15+,22-13-/t23-,26+,27-,28+,29+/m1/s1. The van der Waals surface area contributed by atoms with E-state index < -0.39 is 8.32 Å². The van der Waals surface area contributed by atoms with Gasteiger partial charge in [-0.1, -0.05) is 69.7 Å². The number of methoxy groups -OCH3 is 2. The van der Waals surface area contributed by atoms with Gasteiger partial charge < -0.3 is 23.4 Å². The summed E-state index contributed by atoms with van der Waals surface area (Å²) in [5.74, 6) is 1.10. The largest absolute Gasteiger partial charge is 0.497 e. The van der Waals surface area contributed by atoms with Crippen molar-refractivity contribution in [1.29, 1.82) is 0 Å². The van der Waals surface area contributed by atoms with Crippen LogP contribution in [0, 0.1) is 5.92 Å². The molecule has 0 aromatic heterocycles. The molecule has 0 spiro atoms. The molecule has 1 aliphatic heterocycles. The van der Waals surface area contributed by atoms with Crippen LogP contribution in [0.15, 0.2) is 60.7 Å². The molecule has 0 aliphatic carbocycles. The van der Waals surface area contributed by atoms with Crippen LogP contribution in [0.3, 0.4) is 0 Å². The Balaban J connectivity index is 2.00. The summed E-state index contributed by atoms with van der Waals surface area (Å²) < 4.78 is 29.9. The van der Waals surface area contributed by atoms with Crippen molar-refractivity contribution >= 4 is 8.32 Å². The Kier molecular flexibility index (Phi) is 11.6. The summed E-state index contributed by atoms with van der Waals surface area (Å²) in [5.41, 5.74) is 2.20. The highest BCUT2D eigenvalue weighted by Gasteiger charge is 2.40. The second-order valence-corrected chi connectivity index (χ2v) is 16.0. The Hall–Kier alpha value is -1.70. The van der Waals surface area contributed by atoms with Crippen molar-refractivity contribution in [2.75, 3.05) is 20.8 Å². The molecule has 0 saturated carbocycles. The van der Waals surface area contributed by atoms with E-state index in [1.54, 1.807) is 14.2 Å². The van der Waals surface area contributed by atoms with Gasteiger partial charge in [0.15, 0.2) is 14.6 Å². The molecule has 0 radical (unpaired) electrons. The maximum atomic E-state index is 6.72. The first-order valence-electron chi connectivity index (χ1n) is 13.0. The molecular formula is C30H48O5Si. The first kappa shape index (κ1) is 30.5. The average molecular weight is 517 g/mol. The van der Waals surface area contributed by atoms with Crippen LogP contribution in [0.1, 0.15) is 59.3 Å². The molecular weight excluding hydrogens is 468 g/mol. The van der Waals surface area contributed by atoms with Crippen LogP contribution in [0.25, 0.3) is 0 Å². The average Bonchev–Trinajstić information content (AvgIpc) is 2.83. The molecule has 1 aliphatic rings. The minimum atomic E-state index is -1.92. The van der Waals surface area contributed by atoms with Crippen LogP contribution in [0.4, 0.5) is 0 Å². The van der Waals surface area contributed by atoms with Crippen molar-refractivity contribution in [2.45, 2.75) is 90.2 Å². The molecule has 1 fully saturated rings. The van der Waals surface area contributed by atoms with Gasteiger partial charge in [-0.25, -0.2) is 0 Å². The number of allylic oxidation sites excluding steroid dienone is 3. The normalized spacial score (nSPS) is 23.5. The molecule has 0 N–H and O–H groups in total. The summed E-state index contributed by atoms with van der Waals surface area (Å²) in [7, 11) is 1.47. The van der Waals surface area contributed by atoms with Gasteiger partial charge in [0.25, 0.3) is 0 Å². The third-order valence-corrected chi connectivity index (χ3v) is 11.8. The third kappa shape index (κ3) is 8.70. The van der Waals surface area contributed by atoms with E-state index in [0.717, 1.165) is 24.2 Å². The van der Waals surface area contributed by atoms with Crippen molar-refractivity contribution in [2.24, 2.45) is 5.92 Å². The molecule has 1 saturated heterocycles. The van der Waals surface area contributed by atoms with Gasteiger partial charge in [0.2, 0.25) is 0 Å². The lowest BCUT2D eigenvalue weighted by atomic mass is 10.0. The predicted molar refractivity (Wildman–Crippen MR) is 151 cm³/mol. The number of benzene rings is 1. The van der Waals surface area contributed by atoms with Gasteiger partial charge in [-0.05, 0) is 50.0 Å². The van der Waals surface area contributed by atoms with Crippen molar-refractivity contribution in [3.63, 3.8) is 0 Å². The van der Waals surface area contributed by atoms with Gasteiger partial charge in [0, 0.05) is 18.6 Å². The maximum Gasteiger partial charge on any atom is 0.192 e. The van der Waals surface area contributed by atoms with Gasteiger partial charge in [0.05, 0.1) is 32.0 Å². The van der Waals surface area contributed by atoms with E-state index in [9.17, 15) is 0 Å². The minimum absolute atomic E-state index is 0.00877. The molecule has 0 bridgehead atoms. The highest BCUT2D eigenvalue weighted by atomic mass is 28.4. The van der Waals surface area contributed by atoms with E-state index in [0.29, 0.717) is 6.61 Å². The molecule has 36 heavy (non-hydrogen) atoms. The van der Waals surface area contributed by atoms with Crippen molar-refractivity contribution in [1.82, 2.24) is 0 Å². The number of hydrogen-bond acceptors (Lipinski definition) is 5. The number of rotatable bonds is 12. The lowest BCUT2D eigenvalue weighted by Gasteiger charge is -2.40. The molecule has 0 unspecified atom stereocenters. The zero-order valence-corrected chi connectivity index (χ0v) is 24.9. The molecule has 1 aromatic rings. The van der Waals surface area contributed by atoms with Crippen LogP contribution >= 0.6 is 0 Å². The van der Waals surface area contributed by atoms with Gasteiger partial charge in [-0.2, -0.15) is 0 Å². The summed E-state index contributed by atoms with van der Waals surface area (Å²) in [4.78, 5) is 0. The van der Waals surface area contributed by atoms with Crippen molar-refractivity contribution < 1.29 is 23.4 Å². The monoisotopic (exact) mass is 516 g/mol. The van der Waals surface area contributed by atoms with Crippen LogP contribution in [0.5, 0.6) is 5.75 Å². The maximum absolute atomic E-state index is 6.72. The zero-order valence-electron chi connectivity index (χ0n) is 23.9. The third-order valence-electron chi connectivity index (χ3n) is 7.33. The Labute approximate surface area is 220 Å². The zero-order chi connectivity index (χ0) is 26.9. The van der Waals surface area contributed by atoms with Gasteiger partial charge >= 0.3 is 0 Å². The molecule has 202 valence electrons. The van der Waals surface area contributed by atoms with E-state index in [-0.39, 0.29) is 35.6 Å². The summed E-state index contributed by atoms with van der Waals surface area (Å²) in [6, 6.07) is 7.84. The predicted octanol–water partition coefficient (Wildman–Crippen LogP) is 7.62. The Morgan fingerprint density at radius 1 is 1.19 bits per heavy atom. The summed E-state index contributed by atoms with van der Waals surface area (Å²) in [6.45, 7) is 20.3. The lowest BCUT2D eigenvalue weighted by molar-refractivity contribution is -0.225. The Bertz CT molecular complexity index is 868. The Morgan fingerprint density at radius 3 is 2.42 bits per heavy atom. The molecule has 1 aromatic carbocycles. The molecule has 5 nitrogen and oxygen atoms in total. The van der Waals surface area contributed by atoms with Crippen LogP contribution in [-0.4, -0.2) is 47.5 Å². The molecule has 1 heterocycles. The highest BCUT2D eigenvalue weighted by molar-refractivity contribution is 6.74. The fraction of sp³-hybridized carbons (Fsp3) is 0.600. The quantitative estimate of drug-likeness (QED) is 0.162. The van der Waals surface area contributed by atoms with Crippen molar-refractivity contribution in [3.05, 3.63) is 66.3 Å². The van der Waals surface area contributed by atoms with Crippen LogP contribution in [-0.2, 0) is 18.6 Å². The van der Waals surface area contributed by atoms with E-state index in [1.165, 1.54) is 5.57 Å². The lowest BCUT2D eigenvalue weighted by Crippen LogP contribution is -2.47. The topological polar surface area (TPSA) is 46.2 Å². The van der Waals surface area contributed by atoms with Crippen molar-refractivity contribution in [3.8, 4) is 5.75 Å². The van der Waals surface area contributed by atoms with E-state index in [2.05, 4.69) is 72.5 Å². The van der Waals surface area contributed by atoms with Gasteiger partial charge in [-0.3, -0.25) is 0 Å². The first-order chi connectivity index (χ1) is 16.9. The first-order valence-corrected chi connectivity index (χ1v) is 15.9. The van der Waals surface area contributed by atoms with Gasteiger partial charge in [0.1, 0.15) is 5.75 Å². The second-order valence-electron chi connectivity index (χ2n) is 11.3. The molecule has 5 atom stereocenters. The summed E-state index contributed by atoms with van der Waals surface area (Å²) >= 11 is 0. The number of ether oxygens (including phenoxy) is 4. The SMILES string of the molecule is C=C[C@H](OC)[C@H](CC/C=C(C)\C=C\[C@H]1O[C@@H](c2ccc(OC)cc2)OC[C@H]1C)O[Si](C)(C)C(C)(C)C. The Morgan fingerprint density at radius 2 is 1.86 bits per heavy atom. The van der Waals surface area contributed by atoms with Gasteiger partial charge in [-0.15, -0.1) is 6.58 Å². The highest BCUT2D eigenvalue weighted by Crippen LogP contribution is 2.38. The molecule has 2 rings (SSSR count). The van der Waals surface area contributed by atoms with Crippen LogP contribution < -0.4 is 4.74 Å². The molecule has 0 amide bonds. The minimum Gasteiger partial charge on any atom is -0.497 e. The fourth-order valence-electron chi connectivity index (χ4n) is 3.86. The van der Waals surface area contributed by atoms with E-state index in [4.69, 9.17) is 23.4 Å². The fourth-order valence-corrected chi connectivity index (χ4v) is 5.22. The summed E-state index contributed by atoms with van der Waals surface area (Å²) in [6.07, 6.45) is 9.71.